The lowest BCUT2D eigenvalue weighted by molar-refractivity contribution is 0.136. The molecule has 24 heavy (non-hydrogen) atoms. The molecule has 0 aliphatic rings. The van der Waals surface area contributed by atoms with Crippen LogP contribution in [0.15, 0.2) is 54.6 Å². The van der Waals surface area contributed by atoms with Gasteiger partial charge in [0.15, 0.2) is 0 Å². The number of ether oxygens (including phenoxy) is 1. The maximum Gasteiger partial charge on any atom is 0.235 e. The molecule has 5 nitrogen and oxygen atoms in total. The van der Waals surface area contributed by atoms with Gasteiger partial charge in [0, 0.05) is 13.2 Å². The van der Waals surface area contributed by atoms with E-state index in [0.717, 1.165) is 11.3 Å². The SMILES string of the molecule is CO[C@H](C)CS(=O)(=O)Nc1ccccc1N[C@@H](C)c1ccccc1. The van der Waals surface area contributed by atoms with Crippen molar-refractivity contribution in [2.45, 2.75) is 26.0 Å². The van der Waals surface area contributed by atoms with E-state index in [2.05, 4.69) is 10.0 Å². The lowest BCUT2D eigenvalue weighted by Gasteiger charge is -2.20. The van der Waals surface area contributed by atoms with Crippen LogP contribution in [0, 0.1) is 0 Å². The molecule has 2 N–H and O–H groups in total. The third-order valence-corrected chi connectivity index (χ3v) is 5.16. The van der Waals surface area contributed by atoms with Gasteiger partial charge in [0.25, 0.3) is 0 Å². The van der Waals surface area contributed by atoms with Crippen molar-refractivity contribution in [3.8, 4) is 0 Å². The van der Waals surface area contributed by atoms with Gasteiger partial charge in [-0.2, -0.15) is 0 Å². The summed E-state index contributed by atoms with van der Waals surface area (Å²) >= 11 is 0. The number of methoxy groups -OCH3 is 1. The Balaban J connectivity index is 2.16. The third-order valence-electron chi connectivity index (χ3n) is 3.72. The summed E-state index contributed by atoms with van der Waals surface area (Å²) < 4.78 is 32.2. The Morgan fingerprint density at radius 1 is 0.958 bits per heavy atom. The van der Waals surface area contributed by atoms with Crippen molar-refractivity contribution in [2.75, 3.05) is 22.9 Å². The van der Waals surface area contributed by atoms with Crippen LogP contribution >= 0.6 is 0 Å². The first-order valence-corrected chi connectivity index (χ1v) is 9.50. The fourth-order valence-corrected chi connectivity index (χ4v) is 3.69. The molecule has 0 amide bonds. The molecule has 0 bridgehead atoms. The van der Waals surface area contributed by atoms with Crippen molar-refractivity contribution in [1.29, 1.82) is 0 Å². The summed E-state index contributed by atoms with van der Waals surface area (Å²) in [6.45, 7) is 3.76. The number of nitrogens with one attached hydrogen (secondary N) is 2. The van der Waals surface area contributed by atoms with Gasteiger partial charge in [-0.25, -0.2) is 8.42 Å². The van der Waals surface area contributed by atoms with E-state index >= 15 is 0 Å². The van der Waals surface area contributed by atoms with Crippen molar-refractivity contribution in [3.63, 3.8) is 0 Å². The van der Waals surface area contributed by atoms with Gasteiger partial charge in [-0.15, -0.1) is 0 Å². The van der Waals surface area contributed by atoms with Crippen LogP contribution in [0.1, 0.15) is 25.5 Å². The molecule has 2 rings (SSSR count). The van der Waals surface area contributed by atoms with E-state index in [1.807, 2.05) is 49.4 Å². The van der Waals surface area contributed by atoms with Crippen LogP contribution in [0.25, 0.3) is 0 Å². The van der Waals surface area contributed by atoms with E-state index in [9.17, 15) is 8.42 Å². The third kappa shape index (κ3) is 5.25. The van der Waals surface area contributed by atoms with E-state index in [0.29, 0.717) is 5.69 Å². The summed E-state index contributed by atoms with van der Waals surface area (Å²) in [4.78, 5) is 0. The average molecular weight is 348 g/mol. The topological polar surface area (TPSA) is 67.4 Å². The molecule has 130 valence electrons. The van der Waals surface area contributed by atoms with E-state index < -0.39 is 10.0 Å². The lowest BCUT2D eigenvalue weighted by Crippen LogP contribution is -2.26. The summed E-state index contributed by atoms with van der Waals surface area (Å²) in [5, 5.41) is 3.36. The van der Waals surface area contributed by atoms with E-state index in [1.165, 1.54) is 7.11 Å². The Labute approximate surface area is 144 Å². The van der Waals surface area contributed by atoms with Gasteiger partial charge in [0.1, 0.15) is 0 Å². The summed E-state index contributed by atoms with van der Waals surface area (Å²) in [6, 6.07) is 17.3. The van der Waals surface area contributed by atoms with Crippen molar-refractivity contribution in [3.05, 3.63) is 60.2 Å². The van der Waals surface area contributed by atoms with Gasteiger partial charge in [0.2, 0.25) is 10.0 Å². The number of para-hydroxylation sites is 2. The monoisotopic (exact) mass is 348 g/mol. The summed E-state index contributed by atoms with van der Waals surface area (Å²) in [5.74, 6) is -0.0912. The van der Waals surface area contributed by atoms with Gasteiger partial charge in [-0.1, -0.05) is 42.5 Å². The standard InChI is InChI=1S/C18H24N2O3S/c1-14(23-3)13-24(21,22)20-18-12-8-7-11-17(18)19-15(2)16-9-5-4-6-10-16/h4-12,14-15,19-20H,13H2,1-3H3/t14-,15+/m1/s1. The maximum atomic E-state index is 12.3. The highest BCUT2D eigenvalue weighted by atomic mass is 32.2. The maximum absolute atomic E-state index is 12.3. The zero-order chi connectivity index (χ0) is 17.6. The number of anilines is 2. The molecule has 6 heteroatoms. The molecule has 0 aromatic heterocycles. The number of rotatable bonds is 8. The average Bonchev–Trinajstić information content (AvgIpc) is 2.56. The smallest absolute Gasteiger partial charge is 0.235 e. The number of hydrogen-bond donors (Lipinski definition) is 2. The largest absolute Gasteiger partial charge is 0.381 e. The zero-order valence-electron chi connectivity index (χ0n) is 14.2. The highest BCUT2D eigenvalue weighted by molar-refractivity contribution is 7.92. The molecular weight excluding hydrogens is 324 g/mol. The van der Waals surface area contributed by atoms with Crippen molar-refractivity contribution < 1.29 is 13.2 Å². The minimum absolute atomic E-state index is 0.0507. The predicted molar refractivity (Wildman–Crippen MR) is 98.8 cm³/mol. The molecule has 0 heterocycles. The van der Waals surface area contributed by atoms with Crippen LogP contribution in [-0.2, 0) is 14.8 Å². The Hall–Kier alpha value is -2.05. The molecule has 0 radical (unpaired) electrons. The van der Waals surface area contributed by atoms with Crippen LogP contribution in [0.3, 0.4) is 0 Å². The molecule has 0 saturated heterocycles. The Morgan fingerprint density at radius 3 is 2.17 bits per heavy atom. The second kappa shape index (κ2) is 8.17. The molecule has 0 fully saturated rings. The molecule has 0 unspecified atom stereocenters. The van der Waals surface area contributed by atoms with Crippen LogP contribution in [-0.4, -0.2) is 27.4 Å². The lowest BCUT2D eigenvalue weighted by atomic mass is 10.1. The molecule has 2 aromatic rings. The Bertz CT molecular complexity index is 748. The first kappa shape index (κ1) is 18.3. The second-order valence-corrected chi connectivity index (χ2v) is 7.52. The summed E-state index contributed by atoms with van der Waals surface area (Å²) in [6.07, 6.45) is -0.370. The molecule has 2 aromatic carbocycles. The van der Waals surface area contributed by atoms with Crippen LogP contribution in [0.4, 0.5) is 11.4 Å². The normalized spacial score (nSPS) is 14.0. The van der Waals surface area contributed by atoms with Crippen LogP contribution in [0.5, 0.6) is 0 Å². The highest BCUT2D eigenvalue weighted by Crippen LogP contribution is 2.27. The molecule has 0 saturated carbocycles. The zero-order valence-corrected chi connectivity index (χ0v) is 15.0. The first-order chi connectivity index (χ1) is 11.4. The van der Waals surface area contributed by atoms with Gasteiger partial charge < -0.3 is 10.1 Å². The van der Waals surface area contributed by atoms with Gasteiger partial charge in [0.05, 0.1) is 23.2 Å². The van der Waals surface area contributed by atoms with Gasteiger partial charge in [-0.05, 0) is 31.5 Å². The second-order valence-electron chi connectivity index (χ2n) is 5.75. The highest BCUT2D eigenvalue weighted by Gasteiger charge is 2.17. The molecule has 0 spiro atoms. The van der Waals surface area contributed by atoms with E-state index in [4.69, 9.17) is 4.74 Å². The molecular formula is C18H24N2O3S. The summed E-state index contributed by atoms with van der Waals surface area (Å²) in [5.41, 5.74) is 2.40. The van der Waals surface area contributed by atoms with E-state index in [1.54, 1.807) is 19.1 Å². The first-order valence-electron chi connectivity index (χ1n) is 7.85. The number of benzene rings is 2. The number of hydrogen-bond acceptors (Lipinski definition) is 4. The quantitative estimate of drug-likeness (QED) is 0.764. The molecule has 0 aliphatic carbocycles. The van der Waals surface area contributed by atoms with E-state index in [-0.39, 0.29) is 17.9 Å². The van der Waals surface area contributed by atoms with Crippen molar-refractivity contribution in [2.24, 2.45) is 0 Å². The fourth-order valence-electron chi connectivity index (χ4n) is 2.34. The Morgan fingerprint density at radius 2 is 1.54 bits per heavy atom. The van der Waals surface area contributed by atoms with Crippen LogP contribution in [0.2, 0.25) is 0 Å². The van der Waals surface area contributed by atoms with Crippen LogP contribution < -0.4 is 10.0 Å². The molecule has 0 aliphatic heterocycles. The minimum Gasteiger partial charge on any atom is -0.381 e. The fraction of sp³-hybridized carbons (Fsp3) is 0.333. The van der Waals surface area contributed by atoms with Crippen molar-refractivity contribution in [1.82, 2.24) is 0 Å². The summed E-state index contributed by atoms with van der Waals surface area (Å²) in [7, 11) is -1.99. The predicted octanol–water partition coefficient (Wildman–Crippen LogP) is 3.64. The van der Waals surface area contributed by atoms with Crippen molar-refractivity contribution >= 4 is 21.4 Å². The van der Waals surface area contributed by atoms with Gasteiger partial charge in [-0.3, -0.25) is 4.72 Å². The number of sulfonamides is 1. The van der Waals surface area contributed by atoms with Gasteiger partial charge >= 0.3 is 0 Å². The minimum atomic E-state index is -3.48. The molecule has 2 atom stereocenters. The Kier molecular flexibility index (Phi) is 6.23.